The number of nitrogens with zero attached hydrogens (tertiary/aromatic N) is 2. The lowest BCUT2D eigenvalue weighted by Gasteiger charge is -2.15. The van der Waals surface area contributed by atoms with Crippen molar-refractivity contribution in [3.05, 3.63) is 35.6 Å². The number of carbonyl (C=O) groups excluding carboxylic acids is 1. The molecular formula is C12H14FN3O. The Morgan fingerprint density at radius 1 is 1.24 bits per heavy atom. The van der Waals surface area contributed by atoms with Crippen molar-refractivity contribution in [2.24, 2.45) is 10.7 Å². The van der Waals surface area contributed by atoms with Crippen molar-refractivity contribution in [1.82, 2.24) is 4.90 Å². The summed E-state index contributed by atoms with van der Waals surface area (Å²) in [5.74, 6) is -0.565. The zero-order chi connectivity index (χ0) is 12.3. The maximum Gasteiger partial charge on any atom is 0.280 e. The van der Waals surface area contributed by atoms with Gasteiger partial charge in [-0.15, -0.1) is 0 Å². The molecule has 2 N–H and O–H groups in total. The van der Waals surface area contributed by atoms with Crippen LogP contribution in [0.2, 0.25) is 0 Å². The van der Waals surface area contributed by atoms with Gasteiger partial charge in [0, 0.05) is 18.7 Å². The fourth-order valence-corrected chi connectivity index (χ4v) is 1.78. The largest absolute Gasteiger partial charge is 0.369 e. The molecular weight excluding hydrogens is 221 g/mol. The Bertz CT molecular complexity index is 436. The minimum Gasteiger partial charge on any atom is -0.369 e. The van der Waals surface area contributed by atoms with Crippen molar-refractivity contribution < 1.29 is 9.18 Å². The summed E-state index contributed by atoms with van der Waals surface area (Å²) in [5.41, 5.74) is 6.07. The number of nitrogens with two attached hydrogens (primary N) is 1. The van der Waals surface area contributed by atoms with Gasteiger partial charge < -0.3 is 10.6 Å². The minimum atomic E-state index is -0.436. The van der Waals surface area contributed by atoms with Crippen LogP contribution >= 0.6 is 0 Å². The van der Waals surface area contributed by atoms with E-state index in [-0.39, 0.29) is 11.8 Å². The van der Waals surface area contributed by atoms with E-state index in [0.29, 0.717) is 5.56 Å². The summed E-state index contributed by atoms with van der Waals surface area (Å²) in [5, 5.41) is 0. The van der Waals surface area contributed by atoms with Gasteiger partial charge in [0.1, 0.15) is 5.82 Å². The van der Waals surface area contributed by atoms with Crippen LogP contribution in [0.3, 0.4) is 0 Å². The molecule has 1 amide bonds. The first-order valence-corrected chi connectivity index (χ1v) is 5.56. The number of hydrogen-bond acceptors (Lipinski definition) is 1. The number of carbonyl (C=O) groups is 1. The second-order valence-electron chi connectivity index (χ2n) is 3.98. The fourth-order valence-electron chi connectivity index (χ4n) is 1.78. The van der Waals surface area contributed by atoms with E-state index in [1.807, 2.05) is 4.90 Å². The van der Waals surface area contributed by atoms with E-state index in [1.54, 1.807) is 0 Å². The summed E-state index contributed by atoms with van der Waals surface area (Å²) in [6.45, 7) is 1.68. The van der Waals surface area contributed by atoms with Crippen LogP contribution < -0.4 is 5.73 Å². The van der Waals surface area contributed by atoms with Crippen LogP contribution in [-0.4, -0.2) is 29.9 Å². The monoisotopic (exact) mass is 235 g/mol. The van der Waals surface area contributed by atoms with Crippen LogP contribution in [0.5, 0.6) is 0 Å². The van der Waals surface area contributed by atoms with E-state index in [9.17, 15) is 9.18 Å². The van der Waals surface area contributed by atoms with E-state index in [1.165, 1.54) is 24.3 Å². The Kier molecular flexibility index (Phi) is 3.37. The third-order valence-corrected chi connectivity index (χ3v) is 2.74. The van der Waals surface area contributed by atoms with Crippen LogP contribution in [0.4, 0.5) is 4.39 Å². The molecule has 1 aromatic carbocycles. The SMILES string of the molecule is NC(=NC(=O)c1ccc(F)cc1)N1CCCC1. The molecule has 0 radical (unpaired) electrons. The fraction of sp³-hybridized carbons (Fsp3) is 0.333. The highest BCUT2D eigenvalue weighted by Crippen LogP contribution is 2.08. The quantitative estimate of drug-likeness (QED) is 0.591. The van der Waals surface area contributed by atoms with Gasteiger partial charge in [0.15, 0.2) is 5.96 Å². The standard InChI is InChI=1S/C12H14FN3O/c13-10-5-3-9(4-6-10)11(17)15-12(14)16-7-1-2-8-16/h3-6H,1-2,7-8H2,(H2,14,15,17). The molecule has 5 heteroatoms. The van der Waals surface area contributed by atoms with Crippen LogP contribution in [-0.2, 0) is 0 Å². The van der Waals surface area contributed by atoms with Crippen molar-refractivity contribution >= 4 is 11.9 Å². The van der Waals surface area contributed by atoms with E-state index >= 15 is 0 Å². The Hall–Kier alpha value is -1.91. The molecule has 1 aliphatic heterocycles. The zero-order valence-corrected chi connectivity index (χ0v) is 9.40. The number of rotatable bonds is 1. The van der Waals surface area contributed by atoms with Crippen molar-refractivity contribution in [2.75, 3.05) is 13.1 Å². The van der Waals surface area contributed by atoms with Crippen molar-refractivity contribution in [2.45, 2.75) is 12.8 Å². The Labute approximate surface area is 98.9 Å². The highest BCUT2D eigenvalue weighted by Gasteiger charge is 2.15. The van der Waals surface area contributed by atoms with Gasteiger partial charge in [-0.25, -0.2) is 4.39 Å². The molecule has 17 heavy (non-hydrogen) atoms. The van der Waals surface area contributed by atoms with Gasteiger partial charge in [-0.3, -0.25) is 4.79 Å². The van der Waals surface area contributed by atoms with Gasteiger partial charge in [0.05, 0.1) is 0 Å². The number of hydrogen-bond donors (Lipinski definition) is 1. The third kappa shape index (κ3) is 2.81. The first kappa shape index (κ1) is 11.6. The highest BCUT2D eigenvalue weighted by molar-refractivity contribution is 6.02. The Morgan fingerprint density at radius 2 is 1.82 bits per heavy atom. The number of benzene rings is 1. The van der Waals surface area contributed by atoms with Crippen molar-refractivity contribution in [3.8, 4) is 0 Å². The second kappa shape index (κ2) is 4.95. The molecule has 0 aliphatic carbocycles. The normalized spacial score (nSPS) is 16.3. The molecule has 1 heterocycles. The first-order chi connectivity index (χ1) is 8.16. The van der Waals surface area contributed by atoms with Crippen LogP contribution in [0, 0.1) is 5.82 Å². The predicted octanol–water partition coefficient (Wildman–Crippen LogP) is 1.38. The average molecular weight is 235 g/mol. The Balaban J connectivity index is 2.09. The number of likely N-dealkylation sites (tertiary alicyclic amines) is 1. The summed E-state index contributed by atoms with van der Waals surface area (Å²) in [6.07, 6.45) is 2.14. The molecule has 90 valence electrons. The maximum atomic E-state index is 12.7. The Morgan fingerprint density at radius 3 is 2.41 bits per heavy atom. The van der Waals surface area contributed by atoms with E-state index in [0.717, 1.165) is 25.9 Å². The third-order valence-electron chi connectivity index (χ3n) is 2.74. The van der Waals surface area contributed by atoms with Crippen LogP contribution in [0.15, 0.2) is 29.3 Å². The van der Waals surface area contributed by atoms with E-state index < -0.39 is 5.91 Å². The second-order valence-corrected chi connectivity index (χ2v) is 3.98. The zero-order valence-electron chi connectivity index (χ0n) is 9.40. The summed E-state index contributed by atoms with van der Waals surface area (Å²) < 4.78 is 12.7. The van der Waals surface area contributed by atoms with Gasteiger partial charge in [0.2, 0.25) is 0 Å². The number of amides is 1. The van der Waals surface area contributed by atoms with Gasteiger partial charge in [0.25, 0.3) is 5.91 Å². The number of guanidine groups is 1. The van der Waals surface area contributed by atoms with Gasteiger partial charge in [-0.1, -0.05) is 0 Å². The molecule has 2 rings (SSSR count). The topological polar surface area (TPSA) is 58.7 Å². The summed E-state index contributed by atoms with van der Waals surface area (Å²) in [6, 6.07) is 5.26. The lowest BCUT2D eigenvalue weighted by atomic mass is 10.2. The molecule has 0 saturated carbocycles. The molecule has 1 aromatic rings. The van der Waals surface area contributed by atoms with Crippen molar-refractivity contribution in [1.29, 1.82) is 0 Å². The van der Waals surface area contributed by atoms with E-state index in [4.69, 9.17) is 5.73 Å². The van der Waals surface area contributed by atoms with Crippen LogP contribution in [0.1, 0.15) is 23.2 Å². The molecule has 1 aliphatic rings. The lowest BCUT2D eigenvalue weighted by molar-refractivity contribution is 0.100. The first-order valence-electron chi connectivity index (χ1n) is 5.56. The molecule has 0 atom stereocenters. The molecule has 0 bridgehead atoms. The highest BCUT2D eigenvalue weighted by atomic mass is 19.1. The van der Waals surface area contributed by atoms with E-state index in [2.05, 4.69) is 4.99 Å². The minimum absolute atomic E-state index is 0.247. The number of halogens is 1. The maximum absolute atomic E-state index is 12.7. The molecule has 4 nitrogen and oxygen atoms in total. The molecule has 0 spiro atoms. The van der Waals surface area contributed by atoms with Gasteiger partial charge >= 0.3 is 0 Å². The van der Waals surface area contributed by atoms with Crippen LogP contribution in [0.25, 0.3) is 0 Å². The molecule has 1 fully saturated rings. The predicted molar refractivity (Wildman–Crippen MR) is 63.2 cm³/mol. The van der Waals surface area contributed by atoms with Gasteiger partial charge in [-0.2, -0.15) is 4.99 Å². The number of aliphatic imine (C=N–C) groups is 1. The molecule has 0 aromatic heterocycles. The molecule has 0 unspecified atom stereocenters. The van der Waals surface area contributed by atoms with Gasteiger partial charge in [-0.05, 0) is 37.1 Å². The molecule has 1 saturated heterocycles. The smallest absolute Gasteiger partial charge is 0.280 e. The lowest BCUT2D eigenvalue weighted by Crippen LogP contribution is -2.35. The summed E-state index contributed by atoms with van der Waals surface area (Å²) in [4.78, 5) is 17.4. The van der Waals surface area contributed by atoms with Crippen molar-refractivity contribution in [3.63, 3.8) is 0 Å². The summed E-state index contributed by atoms with van der Waals surface area (Å²) >= 11 is 0. The average Bonchev–Trinajstić information content (AvgIpc) is 2.83. The summed E-state index contributed by atoms with van der Waals surface area (Å²) in [7, 11) is 0.